The van der Waals surface area contributed by atoms with E-state index in [0.717, 1.165) is 25.2 Å². The number of rotatable bonds is 0. The lowest BCUT2D eigenvalue weighted by Gasteiger charge is -2.18. The van der Waals surface area contributed by atoms with Crippen LogP contribution >= 0.6 is 15.9 Å². The van der Waals surface area contributed by atoms with Crippen LogP contribution in [0.15, 0.2) is 16.6 Å². The van der Waals surface area contributed by atoms with E-state index in [1.54, 1.807) is 6.07 Å². The van der Waals surface area contributed by atoms with Crippen LogP contribution in [0.2, 0.25) is 0 Å². The average Bonchev–Trinajstić information content (AvgIpc) is 2.12. The Morgan fingerprint density at radius 3 is 3.08 bits per heavy atom. The summed E-state index contributed by atoms with van der Waals surface area (Å²) in [6, 6.07) is 3.60. The summed E-state index contributed by atoms with van der Waals surface area (Å²) < 4.78 is 6.11. The number of phenols is 1. The number of aromatic hydroxyl groups is 1. The molecule has 3 heteroatoms. The zero-order valence-electron chi connectivity index (χ0n) is 6.51. The second-order valence-corrected chi connectivity index (χ2v) is 3.63. The standard InChI is InChI=1S/C9H9BrO2/c10-8-7(11)4-3-6-2-1-5-12-9(6)8/h3-4,11H,1-2,5H2. The number of hydrogen-bond acceptors (Lipinski definition) is 2. The minimum absolute atomic E-state index is 0.246. The Hall–Kier alpha value is -0.700. The maximum Gasteiger partial charge on any atom is 0.140 e. The zero-order chi connectivity index (χ0) is 8.55. The van der Waals surface area contributed by atoms with Crippen LogP contribution in [0.3, 0.4) is 0 Å². The van der Waals surface area contributed by atoms with Gasteiger partial charge >= 0.3 is 0 Å². The molecule has 1 aromatic carbocycles. The lowest BCUT2D eigenvalue weighted by molar-refractivity contribution is 0.284. The molecule has 1 aromatic rings. The van der Waals surface area contributed by atoms with Gasteiger partial charge in [-0.25, -0.2) is 0 Å². The first-order valence-corrected chi connectivity index (χ1v) is 4.71. The van der Waals surface area contributed by atoms with E-state index in [1.807, 2.05) is 6.07 Å². The van der Waals surface area contributed by atoms with Gasteiger partial charge < -0.3 is 9.84 Å². The Morgan fingerprint density at radius 1 is 1.42 bits per heavy atom. The van der Waals surface area contributed by atoms with Crippen molar-refractivity contribution >= 4 is 15.9 Å². The van der Waals surface area contributed by atoms with Gasteiger partial charge in [0.05, 0.1) is 6.61 Å². The minimum Gasteiger partial charge on any atom is -0.507 e. The number of aryl methyl sites for hydroxylation is 1. The molecule has 64 valence electrons. The SMILES string of the molecule is Oc1ccc2c(c1Br)OCCC2. The van der Waals surface area contributed by atoms with Gasteiger partial charge in [0, 0.05) is 0 Å². The van der Waals surface area contributed by atoms with Crippen LogP contribution in [0.5, 0.6) is 11.5 Å². The third-order valence-corrected chi connectivity index (χ3v) is 2.76. The lowest BCUT2D eigenvalue weighted by Crippen LogP contribution is -2.08. The van der Waals surface area contributed by atoms with Crippen molar-refractivity contribution in [2.75, 3.05) is 6.61 Å². The van der Waals surface area contributed by atoms with E-state index >= 15 is 0 Å². The van der Waals surface area contributed by atoms with Gasteiger partial charge in [-0.1, -0.05) is 6.07 Å². The maximum atomic E-state index is 9.35. The van der Waals surface area contributed by atoms with Crippen LogP contribution in [-0.2, 0) is 6.42 Å². The third-order valence-electron chi connectivity index (χ3n) is 2.00. The van der Waals surface area contributed by atoms with Crippen LogP contribution in [0, 0.1) is 0 Å². The number of fused-ring (bicyclic) bond motifs is 1. The van der Waals surface area contributed by atoms with Gasteiger partial charge in [0.2, 0.25) is 0 Å². The Morgan fingerprint density at radius 2 is 2.25 bits per heavy atom. The van der Waals surface area contributed by atoms with Crippen molar-refractivity contribution in [2.45, 2.75) is 12.8 Å². The molecule has 0 bridgehead atoms. The normalized spacial score (nSPS) is 15.1. The first-order valence-electron chi connectivity index (χ1n) is 3.92. The summed E-state index contributed by atoms with van der Waals surface area (Å²) in [7, 11) is 0. The summed E-state index contributed by atoms with van der Waals surface area (Å²) in [4.78, 5) is 0. The maximum absolute atomic E-state index is 9.35. The summed E-state index contributed by atoms with van der Waals surface area (Å²) in [5, 5.41) is 9.35. The van der Waals surface area contributed by atoms with Crippen LogP contribution in [0.4, 0.5) is 0 Å². The summed E-state index contributed by atoms with van der Waals surface area (Å²) in [5.41, 5.74) is 1.17. The number of halogens is 1. The van der Waals surface area contributed by atoms with Crippen molar-refractivity contribution in [3.63, 3.8) is 0 Å². The molecule has 0 spiro atoms. The molecule has 1 N–H and O–H groups in total. The highest BCUT2D eigenvalue weighted by Gasteiger charge is 2.15. The predicted octanol–water partition coefficient (Wildman–Crippen LogP) is 2.48. The molecule has 0 amide bonds. The van der Waals surface area contributed by atoms with Gasteiger partial charge in [0.15, 0.2) is 0 Å². The Kier molecular flexibility index (Phi) is 1.97. The molecular formula is C9H9BrO2. The van der Waals surface area contributed by atoms with Gasteiger partial charge in [-0.3, -0.25) is 0 Å². The molecule has 1 aliphatic rings. The van der Waals surface area contributed by atoms with Crippen molar-refractivity contribution in [3.8, 4) is 11.5 Å². The molecule has 12 heavy (non-hydrogen) atoms. The monoisotopic (exact) mass is 228 g/mol. The lowest BCUT2D eigenvalue weighted by atomic mass is 10.1. The van der Waals surface area contributed by atoms with Gasteiger partial charge in [0.25, 0.3) is 0 Å². The molecule has 1 aliphatic heterocycles. The topological polar surface area (TPSA) is 29.5 Å². The summed E-state index contributed by atoms with van der Waals surface area (Å²) in [6.45, 7) is 0.745. The predicted molar refractivity (Wildman–Crippen MR) is 49.6 cm³/mol. The van der Waals surface area contributed by atoms with Crippen LogP contribution in [-0.4, -0.2) is 11.7 Å². The van der Waals surface area contributed by atoms with Crippen LogP contribution in [0.25, 0.3) is 0 Å². The second-order valence-electron chi connectivity index (χ2n) is 2.84. The highest BCUT2D eigenvalue weighted by molar-refractivity contribution is 9.10. The zero-order valence-corrected chi connectivity index (χ0v) is 8.10. The molecule has 0 atom stereocenters. The quantitative estimate of drug-likeness (QED) is 0.740. The number of benzene rings is 1. The van der Waals surface area contributed by atoms with Crippen molar-refractivity contribution in [3.05, 3.63) is 22.2 Å². The second kappa shape index (κ2) is 2.98. The van der Waals surface area contributed by atoms with Gasteiger partial charge in [-0.05, 0) is 40.4 Å². The number of hydrogen-bond donors (Lipinski definition) is 1. The molecule has 0 radical (unpaired) electrons. The van der Waals surface area contributed by atoms with E-state index in [-0.39, 0.29) is 5.75 Å². The highest BCUT2D eigenvalue weighted by Crippen LogP contribution is 2.38. The van der Waals surface area contributed by atoms with E-state index in [9.17, 15) is 5.11 Å². The molecule has 2 rings (SSSR count). The minimum atomic E-state index is 0.246. The molecule has 2 nitrogen and oxygen atoms in total. The molecule has 0 saturated heterocycles. The Balaban J connectivity index is 2.54. The van der Waals surface area contributed by atoms with Crippen molar-refractivity contribution < 1.29 is 9.84 Å². The largest absolute Gasteiger partial charge is 0.507 e. The van der Waals surface area contributed by atoms with E-state index in [2.05, 4.69) is 15.9 Å². The molecule has 1 heterocycles. The highest BCUT2D eigenvalue weighted by atomic mass is 79.9. The molecule has 0 fully saturated rings. The van der Waals surface area contributed by atoms with E-state index in [1.165, 1.54) is 5.56 Å². The van der Waals surface area contributed by atoms with Gasteiger partial charge in [-0.2, -0.15) is 0 Å². The van der Waals surface area contributed by atoms with E-state index in [4.69, 9.17) is 4.74 Å². The van der Waals surface area contributed by atoms with E-state index in [0.29, 0.717) is 4.47 Å². The first kappa shape index (κ1) is 7.92. The molecule has 0 aromatic heterocycles. The number of phenolic OH excluding ortho intramolecular Hbond substituents is 1. The fraction of sp³-hybridized carbons (Fsp3) is 0.333. The van der Waals surface area contributed by atoms with Crippen molar-refractivity contribution in [1.29, 1.82) is 0 Å². The molecule has 0 unspecified atom stereocenters. The van der Waals surface area contributed by atoms with E-state index < -0.39 is 0 Å². The molecular weight excluding hydrogens is 220 g/mol. The Bertz CT molecular complexity index is 310. The molecule has 0 saturated carbocycles. The van der Waals surface area contributed by atoms with Gasteiger partial charge in [0.1, 0.15) is 16.0 Å². The van der Waals surface area contributed by atoms with Crippen molar-refractivity contribution in [2.24, 2.45) is 0 Å². The summed E-state index contributed by atoms with van der Waals surface area (Å²) in [5.74, 6) is 1.05. The van der Waals surface area contributed by atoms with Gasteiger partial charge in [-0.15, -0.1) is 0 Å². The smallest absolute Gasteiger partial charge is 0.140 e. The third kappa shape index (κ3) is 1.18. The fourth-order valence-electron chi connectivity index (χ4n) is 1.38. The number of ether oxygens (including phenoxy) is 1. The van der Waals surface area contributed by atoms with Crippen molar-refractivity contribution in [1.82, 2.24) is 0 Å². The van der Waals surface area contributed by atoms with Crippen LogP contribution < -0.4 is 4.74 Å². The fourth-order valence-corrected chi connectivity index (χ4v) is 1.88. The summed E-state index contributed by atoms with van der Waals surface area (Å²) >= 11 is 3.29. The average molecular weight is 229 g/mol. The van der Waals surface area contributed by atoms with Crippen LogP contribution in [0.1, 0.15) is 12.0 Å². The summed E-state index contributed by atoms with van der Waals surface area (Å²) in [6.07, 6.45) is 2.10. The molecule has 0 aliphatic carbocycles. The Labute approximate surface area is 79.3 Å². The first-order chi connectivity index (χ1) is 5.79.